The Balaban J connectivity index is 1.56. The van der Waals surface area contributed by atoms with E-state index in [1.54, 1.807) is 17.2 Å². The van der Waals surface area contributed by atoms with E-state index in [0.717, 1.165) is 42.9 Å². The number of aliphatic hydroxyl groups is 1. The quantitative estimate of drug-likeness (QED) is 0.484. The number of likely N-dealkylation sites (tertiary alicyclic amines) is 1. The summed E-state index contributed by atoms with van der Waals surface area (Å²) in [5, 5.41) is 11.0. The highest BCUT2D eigenvalue weighted by Gasteiger charge is 2.46. The molecule has 1 fully saturated rings. The second-order valence-electron chi connectivity index (χ2n) is 9.19. The van der Waals surface area contributed by atoms with Crippen LogP contribution in [-0.4, -0.2) is 60.3 Å². The average Bonchev–Trinajstić information content (AvgIpc) is 3.67. The van der Waals surface area contributed by atoms with Gasteiger partial charge >= 0.3 is 0 Å². The Bertz CT molecular complexity index is 1210. The summed E-state index contributed by atoms with van der Waals surface area (Å²) < 4.78 is 11.1. The van der Waals surface area contributed by atoms with Crippen LogP contribution in [0.25, 0.3) is 0 Å². The van der Waals surface area contributed by atoms with Crippen molar-refractivity contribution in [3.8, 4) is 0 Å². The highest BCUT2D eigenvalue weighted by Crippen LogP contribution is 2.41. The van der Waals surface area contributed by atoms with E-state index in [0.29, 0.717) is 0 Å². The molecule has 8 heteroatoms. The number of carbonyl (C=O) groups excluding carboxylic acids is 2. The highest BCUT2D eigenvalue weighted by molar-refractivity contribution is 6.15. The first-order valence-corrected chi connectivity index (χ1v) is 11.8. The van der Waals surface area contributed by atoms with Gasteiger partial charge in [0.25, 0.3) is 5.91 Å². The first-order valence-electron chi connectivity index (χ1n) is 11.8. The van der Waals surface area contributed by atoms with Gasteiger partial charge in [-0.3, -0.25) is 14.5 Å². The molecule has 0 saturated carbocycles. The molecule has 35 heavy (non-hydrogen) atoms. The molecule has 0 radical (unpaired) electrons. The molecule has 1 N–H and O–H groups in total. The molecular formula is C27H29N3O5. The maximum absolute atomic E-state index is 13.4. The predicted octanol–water partition coefficient (Wildman–Crippen LogP) is 4.35. The Morgan fingerprint density at radius 1 is 1.06 bits per heavy atom. The van der Waals surface area contributed by atoms with Crippen LogP contribution in [-0.2, 0) is 4.79 Å². The summed E-state index contributed by atoms with van der Waals surface area (Å²) in [6.07, 6.45) is 5.18. The summed E-state index contributed by atoms with van der Waals surface area (Å²) in [6, 6.07) is 13.6. The number of aliphatic hydroxyl groups excluding tert-OH is 1. The standard InChI is InChI=1S/C27H29N3O5/c1-28(2)19-11-9-18(10-12-19)24-23(25(31)22-8-6-16-35-22)26(32)27(33)30(24)17-20(21-7-5-15-34-21)29-13-3-4-14-29/h5-12,15-16,20,24,32H,3-4,13-14,17H2,1-2H3. The average molecular weight is 476 g/mol. The van der Waals surface area contributed by atoms with Gasteiger partial charge in [-0.15, -0.1) is 0 Å². The topological polar surface area (TPSA) is 90.4 Å². The minimum Gasteiger partial charge on any atom is -0.503 e. The molecule has 3 aromatic rings. The number of rotatable bonds is 8. The number of hydrogen-bond acceptors (Lipinski definition) is 7. The molecule has 8 nitrogen and oxygen atoms in total. The molecule has 2 unspecified atom stereocenters. The van der Waals surface area contributed by atoms with Crippen LogP contribution < -0.4 is 4.90 Å². The van der Waals surface area contributed by atoms with Crippen LogP contribution in [0.15, 0.2) is 81.2 Å². The largest absolute Gasteiger partial charge is 0.503 e. The monoisotopic (exact) mass is 475 g/mol. The molecule has 0 aliphatic carbocycles. The third-order valence-corrected chi connectivity index (χ3v) is 6.84. The fourth-order valence-electron chi connectivity index (χ4n) is 5.02. The Morgan fingerprint density at radius 2 is 1.74 bits per heavy atom. The van der Waals surface area contributed by atoms with Crippen LogP contribution >= 0.6 is 0 Å². The van der Waals surface area contributed by atoms with Gasteiger partial charge < -0.3 is 23.7 Å². The summed E-state index contributed by atoms with van der Waals surface area (Å²) in [4.78, 5) is 32.7. The summed E-state index contributed by atoms with van der Waals surface area (Å²) in [5.41, 5.74) is 1.76. The third-order valence-electron chi connectivity index (χ3n) is 6.84. The van der Waals surface area contributed by atoms with Gasteiger partial charge in [0.1, 0.15) is 5.76 Å². The van der Waals surface area contributed by atoms with Gasteiger partial charge in [-0.1, -0.05) is 12.1 Å². The maximum Gasteiger partial charge on any atom is 0.290 e. The first-order chi connectivity index (χ1) is 17.0. The van der Waals surface area contributed by atoms with E-state index in [2.05, 4.69) is 4.90 Å². The SMILES string of the molecule is CN(C)c1ccc(C2C(C(=O)c3ccco3)=C(O)C(=O)N2CC(c2ccco2)N2CCCC2)cc1. The smallest absolute Gasteiger partial charge is 0.290 e. The summed E-state index contributed by atoms with van der Waals surface area (Å²) in [7, 11) is 3.89. The zero-order valence-corrected chi connectivity index (χ0v) is 19.9. The molecular weight excluding hydrogens is 446 g/mol. The lowest BCUT2D eigenvalue weighted by Gasteiger charge is -2.33. The predicted molar refractivity (Wildman–Crippen MR) is 130 cm³/mol. The van der Waals surface area contributed by atoms with Crippen molar-refractivity contribution < 1.29 is 23.5 Å². The van der Waals surface area contributed by atoms with Gasteiger partial charge in [0.15, 0.2) is 11.5 Å². The number of ketones is 1. The Morgan fingerprint density at radius 3 is 2.34 bits per heavy atom. The fourth-order valence-corrected chi connectivity index (χ4v) is 5.02. The molecule has 1 amide bonds. The maximum atomic E-state index is 13.4. The minimum absolute atomic E-state index is 0.0298. The first kappa shape index (κ1) is 23.0. The van der Waals surface area contributed by atoms with Crippen molar-refractivity contribution in [1.82, 2.24) is 9.80 Å². The van der Waals surface area contributed by atoms with E-state index in [1.165, 1.54) is 12.3 Å². The second-order valence-corrected chi connectivity index (χ2v) is 9.19. The number of benzene rings is 1. The van der Waals surface area contributed by atoms with Crippen molar-refractivity contribution in [2.45, 2.75) is 24.9 Å². The van der Waals surface area contributed by atoms with Gasteiger partial charge in [-0.25, -0.2) is 0 Å². The molecule has 2 aromatic heterocycles. The molecule has 1 saturated heterocycles. The van der Waals surface area contributed by atoms with Crippen molar-refractivity contribution in [1.29, 1.82) is 0 Å². The zero-order chi connectivity index (χ0) is 24.5. The Kier molecular flexibility index (Phi) is 6.21. The van der Waals surface area contributed by atoms with Crippen molar-refractivity contribution in [3.63, 3.8) is 0 Å². The summed E-state index contributed by atoms with van der Waals surface area (Å²) >= 11 is 0. The van der Waals surface area contributed by atoms with E-state index in [-0.39, 0.29) is 23.9 Å². The summed E-state index contributed by atoms with van der Waals surface area (Å²) in [6.45, 7) is 2.06. The number of amides is 1. The van der Waals surface area contributed by atoms with Crippen molar-refractivity contribution in [3.05, 3.63) is 89.5 Å². The Hall–Kier alpha value is -3.78. The van der Waals surface area contributed by atoms with Crippen LogP contribution in [0.4, 0.5) is 5.69 Å². The molecule has 1 aromatic carbocycles. The molecule has 2 aliphatic rings. The lowest BCUT2D eigenvalue weighted by Crippen LogP contribution is -2.40. The Labute approximate surface area is 204 Å². The van der Waals surface area contributed by atoms with E-state index in [9.17, 15) is 14.7 Å². The van der Waals surface area contributed by atoms with Gasteiger partial charge in [0, 0.05) is 26.3 Å². The van der Waals surface area contributed by atoms with Crippen LogP contribution in [0.3, 0.4) is 0 Å². The van der Waals surface area contributed by atoms with Gasteiger partial charge in [0.2, 0.25) is 5.78 Å². The zero-order valence-electron chi connectivity index (χ0n) is 19.9. The lowest BCUT2D eigenvalue weighted by molar-refractivity contribution is -0.130. The fraction of sp³-hybridized carbons (Fsp3) is 0.333. The molecule has 2 aliphatic heterocycles. The molecule has 2 atom stereocenters. The number of Topliss-reactive ketones (excluding diaryl/α,β-unsaturated/α-hetero) is 1. The molecule has 182 valence electrons. The number of hydrogen-bond donors (Lipinski definition) is 1. The minimum atomic E-state index is -0.753. The molecule has 5 rings (SSSR count). The van der Waals surface area contributed by atoms with Crippen molar-refractivity contribution in [2.24, 2.45) is 0 Å². The number of furan rings is 2. The normalized spacial score (nSPS) is 19.5. The van der Waals surface area contributed by atoms with Gasteiger partial charge in [0.05, 0.1) is 30.2 Å². The van der Waals surface area contributed by atoms with Crippen LogP contribution in [0.5, 0.6) is 0 Å². The lowest BCUT2D eigenvalue weighted by atomic mass is 9.94. The third kappa shape index (κ3) is 4.25. The number of carbonyl (C=O) groups is 2. The van der Waals surface area contributed by atoms with E-state index in [4.69, 9.17) is 8.83 Å². The highest BCUT2D eigenvalue weighted by atomic mass is 16.3. The molecule has 0 spiro atoms. The van der Waals surface area contributed by atoms with Crippen molar-refractivity contribution >= 4 is 17.4 Å². The van der Waals surface area contributed by atoms with Crippen LogP contribution in [0.1, 0.15) is 46.8 Å². The van der Waals surface area contributed by atoms with Gasteiger partial charge in [-0.05, 0) is 67.9 Å². The second kappa shape index (κ2) is 9.46. The van der Waals surface area contributed by atoms with Gasteiger partial charge in [-0.2, -0.15) is 0 Å². The van der Waals surface area contributed by atoms with E-state index in [1.807, 2.05) is 55.4 Å². The molecule has 4 heterocycles. The summed E-state index contributed by atoms with van der Waals surface area (Å²) in [5.74, 6) is -0.768. The van der Waals surface area contributed by atoms with Crippen molar-refractivity contribution in [2.75, 3.05) is 38.6 Å². The van der Waals surface area contributed by atoms with Crippen LogP contribution in [0, 0.1) is 0 Å². The van der Waals surface area contributed by atoms with E-state index < -0.39 is 23.5 Å². The number of nitrogens with zero attached hydrogens (tertiary/aromatic N) is 3. The van der Waals surface area contributed by atoms with Crippen LogP contribution in [0.2, 0.25) is 0 Å². The van der Waals surface area contributed by atoms with E-state index >= 15 is 0 Å². The number of anilines is 1. The molecule has 0 bridgehead atoms.